The van der Waals surface area contributed by atoms with Gasteiger partial charge in [0, 0.05) is 22.2 Å². The minimum absolute atomic E-state index is 0.00638. The predicted molar refractivity (Wildman–Crippen MR) is 94.4 cm³/mol. The van der Waals surface area contributed by atoms with Crippen molar-refractivity contribution in [2.24, 2.45) is 0 Å². The standard InChI is InChI=1S/C18H15Cl2NO3/c1-10-8-14(22)18-15(7-6-13(20)17(10)18)24-9-16(23)21-12-4-2-11(19)3-5-12/h2-7,10H,8-9H2,1H3,(H,21,23). The van der Waals surface area contributed by atoms with Crippen LogP contribution in [-0.4, -0.2) is 18.3 Å². The summed E-state index contributed by atoms with van der Waals surface area (Å²) in [5, 5.41) is 3.85. The van der Waals surface area contributed by atoms with E-state index in [1.807, 2.05) is 6.92 Å². The quantitative estimate of drug-likeness (QED) is 0.856. The Labute approximate surface area is 149 Å². The Bertz CT molecular complexity index is 803. The van der Waals surface area contributed by atoms with E-state index in [0.29, 0.717) is 33.5 Å². The molecule has 2 aromatic carbocycles. The predicted octanol–water partition coefficient (Wildman–Crippen LogP) is 4.70. The zero-order chi connectivity index (χ0) is 17.3. The van der Waals surface area contributed by atoms with Crippen LogP contribution in [0.25, 0.3) is 0 Å². The number of benzene rings is 2. The van der Waals surface area contributed by atoms with Crippen LogP contribution >= 0.6 is 23.2 Å². The molecule has 1 unspecified atom stereocenters. The van der Waals surface area contributed by atoms with Gasteiger partial charge in [0.05, 0.1) is 5.56 Å². The number of carbonyl (C=O) groups excluding carboxylic acids is 2. The van der Waals surface area contributed by atoms with E-state index in [9.17, 15) is 9.59 Å². The van der Waals surface area contributed by atoms with Gasteiger partial charge in [-0.2, -0.15) is 0 Å². The second kappa shape index (κ2) is 6.83. The molecule has 1 N–H and O–H groups in total. The van der Waals surface area contributed by atoms with Crippen LogP contribution in [0, 0.1) is 0 Å². The number of anilines is 1. The number of ether oxygens (including phenoxy) is 1. The lowest BCUT2D eigenvalue weighted by atomic mass is 10.0. The zero-order valence-corrected chi connectivity index (χ0v) is 14.4. The first-order valence-electron chi connectivity index (χ1n) is 7.49. The molecule has 1 aliphatic carbocycles. The Morgan fingerprint density at radius 3 is 2.62 bits per heavy atom. The van der Waals surface area contributed by atoms with Crippen LogP contribution in [-0.2, 0) is 4.79 Å². The molecule has 0 spiro atoms. The van der Waals surface area contributed by atoms with E-state index in [0.717, 1.165) is 5.56 Å². The van der Waals surface area contributed by atoms with E-state index in [-0.39, 0.29) is 24.2 Å². The smallest absolute Gasteiger partial charge is 0.262 e. The van der Waals surface area contributed by atoms with Crippen LogP contribution in [0.3, 0.4) is 0 Å². The number of carbonyl (C=O) groups is 2. The van der Waals surface area contributed by atoms with E-state index >= 15 is 0 Å². The van der Waals surface area contributed by atoms with Gasteiger partial charge in [0.25, 0.3) is 5.91 Å². The highest BCUT2D eigenvalue weighted by Crippen LogP contribution is 2.42. The highest BCUT2D eigenvalue weighted by molar-refractivity contribution is 6.32. The number of Topliss-reactive ketones (excluding diaryl/α,β-unsaturated/α-hetero) is 1. The molecule has 0 saturated carbocycles. The van der Waals surface area contributed by atoms with Gasteiger partial charge < -0.3 is 10.1 Å². The van der Waals surface area contributed by atoms with Crippen molar-refractivity contribution in [3.63, 3.8) is 0 Å². The average Bonchev–Trinajstić information content (AvgIpc) is 2.85. The summed E-state index contributed by atoms with van der Waals surface area (Å²) in [7, 11) is 0. The first-order chi connectivity index (χ1) is 11.5. The number of hydrogen-bond acceptors (Lipinski definition) is 3. The van der Waals surface area contributed by atoms with E-state index < -0.39 is 0 Å². The molecule has 0 bridgehead atoms. The van der Waals surface area contributed by atoms with Crippen molar-refractivity contribution in [1.82, 2.24) is 0 Å². The van der Waals surface area contributed by atoms with Gasteiger partial charge in [-0.1, -0.05) is 30.1 Å². The van der Waals surface area contributed by atoms with E-state index in [2.05, 4.69) is 5.32 Å². The zero-order valence-electron chi connectivity index (χ0n) is 12.9. The molecular formula is C18H15Cl2NO3. The molecule has 0 saturated heterocycles. The second-order valence-corrected chi connectivity index (χ2v) is 6.55. The van der Waals surface area contributed by atoms with Gasteiger partial charge in [-0.3, -0.25) is 9.59 Å². The third-order valence-electron chi connectivity index (χ3n) is 3.90. The second-order valence-electron chi connectivity index (χ2n) is 5.71. The largest absolute Gasteiger partial charge is 0.483 e. The number of rotatable bonds is 4. The molecule has 124 valence electrons. The van der Waals surface area contributed by atoms with Gasteiger partial charge in [0.15, 0.2) is 12.4 Å². The average molecular weight is 364 g/mol. The summed E-state index contributed by atoms with van der Waals surface area (Å²) in [5.74, 6) is 0.133. The highest BCUT2D eigenvalue weighted by Gasteiger charge is 2.31. The molecule has 24 heavy (non-hydrogen) atoms. The van der Waals surface area contributed by atoms with Crippen LogP contribution in [0.5, 0.6) is 5.75 Å². The van der Waals surface area contributed by atoms with Crippen molar-refractivity contribution >= 4 is 40.6 Å². The summed E-state index contributed by atoms with van der Waals surface area (Å²) < 4.78 is 5.56. The van der Waals surface area contributed by atoms with Crippen LogP contribution in [0.2, 0.25) is 10.0 Å². The number of ketones is 1. The fourth-order valence-electron chi connectivity index (χ4n) is 2.82. The van der Waals surface area contributed by atoms with Gasteiger partial charge in [0.2, 0.25) is 0 Å². The van der Waals surface area contributed by atoms with Crippen molar-refractivity contribution in [1.29, 1.82) is 0 Å². The number of nitrogens with one attached hydrogen (secondary N) is 1. The molecule has 0 radical (unpaired) electrons. The monoisotopic (exact) mass is 363 g/mol. The molecule has 4 nitrogen and oxygen atoms in total. The van der Waals surface area contributed by atoms with Crippen molar-refractivity contribution in [2.75, 3.05) is 11.9 Å². The van der Waals surface area contributed by atoms with Crippen molar-refractivity contribution in [3.8, 4) is 5.75 Å². The third-order valence-corrected chi connectivity index (χ3v) is 4.49. The molecule has 1 amide bonds. The minimum atomic E-state index is -0.320. The molecule has 0 aromatic heterocycles. The maximum absolute atomic E-state index is 12.2. The molecule has 3 rings (SSSR count). The van der Waals surface area contributed by atoms with Crippen LogP contribution < -0.4 is 10.1 Å². The lowest BCUT2D eigenvalue weighted by molar-refractivity contribution is -0.118. The summed E-state index contributed by atoms with van der Waals surface area (Å²) in [4.78, 5) is 24.2. The molecule has 0 heterocycles. The summed E-state index contributed by atoms with van der Waals surface area (Å²) in [6.45, 7) is 1.75. The summed E-state index contributed by atoms with van der Waals surface area (Å²) in [6, 6.07) is 10.1. The van der Waals surface area contributed by atoms with Crippen molar-refractivity contribution in [3.05, 3.63) is 57.6 Å². The van der Waals surface area contributed by atoms with Crippen LogP contribution in [0.15, 0.2) is 36.4 Å². The molecule has 2 aromatic rings. The Morgan fingerprint density at radius 2 is 1.92 bits per heavy atom. The summed E-state index contributed by atoms with van der Waals surface area (Å²) in [5.41, 5.74) is 1.92. The molecule has 1 aliphatic rings. The lowest BCUT2D eigenvalue weighted by Gasteiger charge is -2.12. The fraction of sp³-hybridized carbons (Fsp3) is 0.222. The Kier molecular flexibility index (Phi) is 4.78. The Morgan fingerprint density at radius 1 is 1.21 bits per heavy atom. The van der Waals surface area contributed by atoms with Gasteiger partial charge in [0.1, 0.15) is 5.75 Å². The molecule has 0 aliphatic heterocycles. The van der Waals surface area contributed by atoms with E-state index in [1.54, 1.807) is 36.4 Å². The van der Waals surface area contributed by atoms with Gasteiger partial charge in [-0.25, -0.2) is 0 Å². The van der Waals surface area contributed by atoms with E-state index in [4.69, 9.17) is 27.9 Å². The lowest BCUT2D eigenvalue weighted by Crippen LogP contribution is -2.20. The van der Waals surface area contributed by atoms with Crippen molar-refractivity contribution < 1.29 is 14.3 Å². The van der Waals surface area contributed by atoms with Crippen molar-refractivity contribution in [2.45, 2.75) is 19.3 Å². The maximum Gasteiger partial charge on any atom is 0.262 e. The molecular weight excluding hydrogens is 349 g/mol. The first-order valence-corrected chi connectivity index (χ1v) is 8.25. The van der Waals surface area contributed by atoms with E-state index in [1.165, 1.54) is 0 Å². The third kappa shape index (κ3) is 3.40. The fourth-order valence-corrected chi connectivity index (χ4v) is 3.29. The topological polar surface area (TPSA) is 55.4 Å². The van der Waals surface area contributed by atoms with Gasteiger partial charge >= 0.3 is 0 Å². The molecule has 6 heteroatoms. The summed E-state index contributed by atoms with van der Waals surface area (Å²) >= 11 is 12.0. The maximum atomic E-state index is 12.2. The van der Waals surface area contributed by atoms with Crippen LogP contribution in [0.4, 0.5) is 5.69 Å². The number of amides is 1. The number of hydrogen-bond donors (Lipinski definition) is 1. The number of fused-ring (bicyclic) bond motifs is 1. The SMILES string of the molecule is CC1CC(=O)c2c(OCC(=O)Nc3ccc(Cl)cc3)ccc(Cl)c21. The van der Waals surface area contributed by atoms with Crippen LogP contribution in [0.1, 0.15) is 35.2 Å². The molecule has 1 atom stereocenters. The minimum Gasteiger partial charge on any atom is -0.483 e. The normalized spacial score (nSPS) is 16.0. The Balaban J connectivity index is 1.70. The number of halogens is 2. The Hall–Kier alpha value is -2.04. The molecule has 0 fully saturated rings. The highest BCUT2D eigenvalue weighted by atomic mass is 35.5. The summed E-state index contributed by atoms with van der Waals surface area (Å²) in [6.07, 6.45) is 0.409. The van der Waals surface area contributed by atoms with Gasteiger partial charge in [-0.05, 0) is 47.9 Å². The van der Waals surface area contributed by atoms with Gasteiger partial charge in [-0.15, -0.1) is 0 Å². The first kappa shape index (κ1) is 16.8.